The third kappa shape index (κ3) is 2.91. The summed E-state index contributed by atoms with van der Waals surface area (Å²) in [5, 5.41) is 0. The smallest absolute Gasteiger partial charge is 0.0193 e. The Morgan fingerprint density at radius 2 is 1.88 bits per heavy atom. The van der Waals surface area contributed by atoms with E-state index in [4.69, 9.17) is 0 Å². The molecule has 1 aliphatic carbocycles. The number of allylic oxidation sites excluding steroid dienone is 1. The van der Waals surface area contributed by atoms with Crippen LogP contribution >= 0.6 is 11.8 Å². The first-order valence-electron chi connectivity index (χ1n) is 6.16. The van der Waals surface area contributed by atoms with Gasteiger partial charge in [0.05, 0.1) is 0 Å². The van der Waals surface area contributed by atoms with Crippen molar-refractivity contribution >= 4 is 11.8 Å². The van der Waals surface area contributed by atoms with Crippen LogP contribution in [0.4, 0.5) is 0 Å². The van der Waals surface area contributed by atoms with E-state index in [0.717, 1.165) is 5.92 Å². The Kier molecular flexibility index (Phi) is 4.11. The molecule has 1 heteroatoms. The summed E-state index contributed by atoms with van der Waals surface area (Å²) < 4.78 is 0. The van der Waals surface area contributed by atoms with Gasteiger partial charge in [0, 0.05) is 10.6 Å². The second-order valence-electron chi connectivity index (χ2n) is 4.74. The molecule has 0 N–H and O–H groups in total. The van der Waals surface area contributed by atoms with Crippen LogP contribution in [-0.4, -0.2) is 5.75 Å². The molecule has 0 aliphatic heterocycles. The van der Waals surface area contributed by atoms with Crippen LogP contribution in [0.15, 0.2) is 46.4 Å². The fourth-order valence-electron chi connectivity index (χ4n) is 2.38. The molecule has 0 spiro atoms. The molecule has 0 amide bonds. The van der Waals surface area contributed by atoms with E-state index < -0.39 is 0 Å². The van der Waals surface area contributed by atoms with E-state index in [9.17, 15) is 0 Å². The molecule has 1 aromatic rings. The van der Waals surface area contributed by atoms with Crippen LogP contribution in [0, 0.1) is 5.92 Å². The van der Waals surface area contributed by atoms with Gasteiger partial charge in [0.1, 0.15) is 0 Å². The normalized spacial score (nSPS) is 16.2. The summed E-state index contributed by atoms with van der Waals surface area (Å²) in [6.07, 6.45) is 4.04. The van der Waals surface area contributed by atoms with Gasteiger partial charge in [-0.25, -0.2) is 0 Å². The van der Waals surface area contributed by atoms with E-state index >= 15 is 0 Å². The second-order valence-corrected chi connectivity index (χ2v) is 5.79. The van der Waals surface area contributed by atoms with Gasteiger partial charge in [0.25, 0.3) is 0 Å². The first-order chi connectivity index (χ1) is 7.77. The molecule has 0 unspecified atom stereocenters. The van der Waals surface area contributed by atoms with Crippen LogP contribution in [0.3, 0.4) is 0 Å². The van der Waals surface area contributed by atoms with Crippen molar-refractivity contribution in [3.05, 3.63) is 41.5 Å². The third-order valence-corrected chi connectivity index (χ3v) is 4.33. The van der Waals surface area contributed by atoms with Crippen molar-refractivity contribution in [2.45, 2.75) is 38.0 Å². The van der Waals surface area contributed by atoms with Crippen molar-refractivity contribution in [2.75, 3.05) is 5.75 Å². The summed E-state index contributed by atoms with van der Waals surface area (Å²) >= 11 is 1.98. The lowest BCUT2D eigenvalue weighted by Crippen LogP contribution is -1.95. The largest absolute Gasteiger partial charge is 0.122 e. The highest BCUT2D eigenvalue weighted by molar-refractivity contribution is 7.99. The minimum absolute atomic E-state index is 0.744. The average molecular weight is 232 g/mol. The van der Waals surface area contributed by atoms with Crippen molar-refractivity contribution in [1.29, 1.82) is 0 Å². The van der Waals surface area contributed by atoms with Crippen LogP contribution in [0.2, 0.25) is 0 Å². The van der Waals surface area contributed by atoms with Gasteiger partial charge in [-0.3, -0.25) is 0 Å². The Morgan fingerprint density at radius 3 is 2.56 bits per heavy atom. The first kappa shape index (κ1) is 11.8. The summed E-state index contributed by atoms with van der Waals surface area (Å²) in [5.41, 5.74) is 3.44. The van der Waals surface area contributed by atoms with Gasteiger partial charge in [-0.05, 0) is 37.3 Å². The lowest BCUT2D eigenvalue weighted by molar-refractivity contribution is 0.724. The standard InChI is InChI=1S/C15H20S/c1-12(2)15-10-6-7-13(15)11-16-14-8-4-3-5-9-14/h3-5,8-9,12H,6-7,10-11H2,1-2H3. The number of hydrogen-bond donors (Lipinski definition) is 0. The van der Waals surface area contributed by atoms with Crippen molar-refractivity contribution in [3.63, 3.8) is 0 Å². The Balaban J connectivity index is 1.97. The van der Waals surface area contributed by atoms with Crippen molar-refractivity contribution in [2.24, 2.45) is 5.92 Å². The summed E-state index contributed by atoms with van der Waals surface area (Å²) in [7, 11) is 0. The zero-order valence-electron chi connectivity index (χ0n) is 10.2. The lowest BCUT2D eigenvalue weighted by atomic mass is 10.0. The molecule has 86 valence electrons. The molecule has 1 aromatic carbocycles. The van der Waals surface area contributed by atoms with Gasteiger partial charge in [-0.2, -0.15) is 0 Å². The SMILES string of the molecule is CC(C)C1=C(CSc2ccccc2)CCC1. The molecule has 0 heterocycles. The molecule has 2 rings (SSSR count). The molecule has 0 saturated heterocycles. The van der Waals surface area contributed by atoms with Gasteiger partial charge in [0.15, 0.2) is 0 Å². The zero-order valence-corrected chi connectivity index (χ0v) is 11.0. The molecular formula is C15H20S. The van der Waals surface area contributed by atoms with Gasteiger partial charge in [-0.1, -0.05) is 43.2 Å². The maximum absolute atomic E-state index is 2.33. The van der Waals surface area contributed by atoms with Crippen LogP contribution in [-0.2, 0) is 0 Å². The minimum Gasteiger partial charge on any atom is -0.122 e. The number of hydrogen-bond acceptors (Lipinski definition) is 1. The highest BCUT2D eigenvalue weighted by Crippen LogP contribution is 2.34. The van der Waals surface area contributed by atoms with E-state index in [-0.39, 0.29) is 0 Å². The zero-order chi connectivity index (χ0) is 11.4. The van der Waals surface area contributed by atoms with Crippen molar-refractivity contribution in [3.8, 4) is 0 Å². The summed E-state index contributed by atoms with van der Waals surface area (Å²) in [6, 6.07) is 10.7. The highest BCUT2D eigenvalue weighted by atomic mass is 32.2. The van der Waals surface area contributed by atoms with E-state index in [1.54, 1.807) is 11.1 Å². The van der Waals surface area contributed by atoms with Crippen LogP contribution in [0.25, 0.3) is 0 Å². The number of rotatable bonds is 4. The number of benzene rings is 1. The Bertz CT molecular complexity index is 362. The molecule has 0 aromatic heterocycles. The maximum atomic E-state index is 2.33. The quantitative estimate of drug-likeness (QED) is 0.525. The fourth-order valence-corrected chi connectivity index (χ4v) is 3.40. The average Bonchev–Trinajstić information content (AvgIpc) is 2.76. The van der Waals surface area contributed by atoms with E-state index in [2.05, 4.69) is 44.2 Å². The molecule has 0 atom stereocenters. The first-order valence-corrected chi connectivity index (χ1v) is 7.14. The van der Waals surface area contributed by atoms with Crippen LogP contribution < -0.4 is 0 Å². The second kappa shape index (κ2) is 5.58. The van der Waals surface area contributed by atoms with E-state index in [0.29, 0.717) is 0 Å². The molecule has 1 aliphatic rings. The van der Waals surface area contributed by atoms with Crippen molar-refractivity contribution < 1.29 is 0 Å². The van der Waals surface area contributed by atoms with E-state index in [1.807, 2.05) is 11.8 Å². The van der Waals surface area contributed by atoms with Crippen LogP contribution in [0.1, 0.15) is 33.1 Å². The maximum Gasteiger partial charge on any atom is 0.0193 e. The topological polar surface area (TPSA) is 0 Å². The summed E-state index contributed by atoms with van der Waals surface area (Å²) in [6.45, 7) is 4.65. The summed E-state index contributed by atoms with van der Waals surface area (Å²) in [4.78, 5) is 1.39. The summed E-state index contributed by atoms with van der Waals surface area (Å²) in [5.74, 6) is 1.94. The lowest BCUT2D eigenvalue weighted by Gasteiger charge is -2.10. The molecule has 0 radical (unpaired) electrons. The molecular weight excluding hydrogens is 212 g/mol. The third-order valence-electron chi connectivity index (χ3n) is 3.23. The highest BCUT2D eigenvalue weighted by Gasteiger charge is 2.16. The Labute approximate surface area is 103 Å². The van der Waals surface area contributed by atoms with Crippen molar-refractivity contribution in [1.82, 2.24) is 0 Å². The predicted molar refractivity (Wildman–Crippen MR) is 72.9 cm³/mol. The fraction of sp³-hybridized carbons (Fsp3) is 0.467. The van der Waals surface area contributed by atoms with Crippen LogP contribution in [0.5, 0.6) is 0 Å². The molecule has 0 fully saturated rings. The Hall–Kier alpha value is -0.690. The van der Waals surface area contributed by atoms with Gasteiger partial charge < -0.3 is 0 Å². The monoisotopic (exact) mass is 232 g/mol. The molecule has 16 heavy (non-hydrogen) atoms. The molecule has 0 bridgehead atoms. The van der Waals surface area contributed by atoms with Gasteiger partial charge in [-0.15, -0.1) is 11.8 Å². The van der Waals surface area contributed by atoms with Gasteiger partial charge in [0.2, 0.25) is 0 Å². The molecule has 0 nitrogen and oxygen atoms in total. The van der Waals surface area contributed by atoms with E-state index in [1.165, 1.54) is 29.9 Å². The predicted octanol–water partition coefficient (Wildman–Crippen LogP) is 4.92. The Morgan fingerprint density at radius 1 is 1.12 bits per heavy atom. The molecule has 0 saturated carbocycles. The minimum atomic E-state index is 0.744. The van der Waals surface area contributed by atoms with Gasteiger partial charge >= 0.3 is 0 Å². The number of thioether (sulfide) groups is 1.